The van der Waals surface area contributed by atoms with Gasteiger partial charge in [-0.15, -0.1) is 0 Å². The van der Waals surface area contributed by atoms with Crippen LogP contribution in [0, 0.1) is 0 Å². The smallest absolute Gasteiger partial charge is 0.0534 e. The zero-order chi connectivity index (χ0) is 12.4. The molecule has 1 aromatic heterocycles. The molecule has 17 heavy (non-hydrogen) atoms. The largest absolute Gasteiger partial charge is 0.328 e. The second-order valence-corrected chi connectivity index (χ2v) is 5.53. The van der Waals surface area contributed by atoms with Gasteiger partial charge >= 0.3 is 0 Å². The van der Waals surface area contributed by atoms with Gasteiger partial charge in [0, 0.05) is 43.0 Å². The summed E-state index contributed by atoms with van der Waals surface area (Å²) in [4.78, 5) is 2.50. The summed E-state index contributed by atoms with van der Waals surface area (Å²) >= 11 is 0. The molecule has 2 atom stereocenters. The summed E-state index contributed by atoms with van der Waals surface area (Å²) in [6.07, 6.45) is 6.37. The minimum Gasteiger partial charge on any atom is -0.328 e. The fourth-order valence-corrected chi connectivity index (χ4v) is 2.47. The third kappa shape index (κ3) is 3.07. The van der Waals surface area contributed by atoms with E-state index in [-0.39, 0.29) is 0 Å². The Morgan fingerprint density at radius 2 is 2.29 bits per heavy atom. The fraction of sp³-hybridized carbons (Fsp3) is 0.769. The van der Waals surface area contributed by atoms with Crippen LogP contribution in [0.5, 0.6) is 0 Å². The normalized spacial score (nSPS) is 26.6. The van der Waals surface area contributed by atoms with Crippen LogP contribution in [-0.4, -0.2) is 33.3 Å². The summed E-state index contributed by atoms with van der Waals surface area (Å²) in [6.45, 7) is 8.68. The second-order valence-electron chi connectivity index (χ2n) is 5.53. The number of hydrogen-bond donors (Lipinski definition) is 1. The van der Waals surface area contributed by atoms with Crippen molar-refractivity contribution in [3.63, 3.8) is 0 Å². The highest BCUT2D eigenvalue weighted by molar-refractivity contribution is 5.05. The highest BCUT2D eigenvalue weighted by Gasteiger charge is 2.23. The summed E-state index contributed by atoms with van der Waals surface area (Å²) in [5.41, 5.74) is 7.29. The average molecular weight is 236 g/mol. The summed E-state index contributed by atoms with van der Waals surface area (Å²) in [7, 11) is 0. The Balaban J connectivity index is 1.95. The summed E-state index contributed by atoms with van der Waals surface area (Å²) < 4.78 is 2.02. The molecule has 2 unspecified atom stereocenters. The molecule has 1 aliphatic rings. The molecule has 1 aromatic rings. The highest BCUT2D eigenvalue weighted by atomic mass is 15.3. The average Bonchev–Trinajstić information content (AvgIpc) is 2.71. The molecule has 4 heteroatoms. The number of nitrogens with two attached hydrogens (primary N) is 1. The fourth-order valence-electron chi connectivity index (χ4n) is 2.47. The number of piperidine rings is 1. The lowest BCUT2D eigenvalue weighted by atomic mass is 9.99. The van der Waals surface area contributed by atoms with Crippen LogP contribution in [0.2, 0.25) is 0 Å². The van der Waals surface area contributed by atoms with Crippen LogP contribution in [0.3, 0.4) is 0 Å². The number of rotatable bonds is 3. The molecule has 2 heterocycles. The number of hydrogen-bond acceptors (Lipinski definition) is 3. The molecule has 1 saturated heterocycles. The number of nitrogens with zero attached hydrogens (tertiary/aromatic N) is 3. The van der Waals surface area contributed by atoms with Gasteiger partial charge in [-0.2, -0.15) is 5.10 Å². The van der Waals surface area contributed by atoms with Crippen molar-refractivity contribution in [2.24, 2.45) is 5.73 Å². The third-order valence-electron chi connectivity index (χ3n) is 3.62. The lowest BCUT2D eigenvalue weighted by molar-refractivity contribution is 0.140. The van der Waals surface area contributed by atoms with Gasteiger partial charge < -0.3 is 5.73 Å². The molecule has 2 N–H and O–H groups in total. The molecule has 1 aliphatic heterocycles. The minimum atomic E-state index is 0.389. The Morgan fingerprint density at radius 1 is 1.53 bits per heavy atom. The van der Waals surface area contributed by atoms with Crippen molar-refractivity contribution in [3.8, 4) is 0 Å². The first-order valence-electron chi connectivity index (χ1n) is 6.59. The van der Waals surface area contributed by atoms with Crippen LogP contribution in [-0.2, 0) is 6.54 Å². The second kappa shape index (κ2) is 5.19. The zero-order valence-corrected chi connectivity index (χ0v) is 11.1. The van der Waals surface area contributed by atoms with E-state index in [4.69, 9.17) is 5.73 Å². The topological polar surface area (TPSA) is 47.1 Å². The van der Waals surface area contributed by atoms with Crippen LogP contribution in [0.4, 0.5) is 0 Å². The van der Waals surface area contributed by atoms with Gasteiger partial charge in [0.1, 0.15) is 0 Å². The van der Waals surface area contributed by atoms with Crippen LogP contribution in [0.25, 0.3) is 0 Å². The maximum absolute atomic E-state index is 5.98. The first-order valence-corrected chi connectivity index (χ1v) is 6.59. The number of aromatic nitrogens is 2. The van der Waals surface area contributed by atoms with Crippen LogP contribution >= 0.6 is 0 Å². The Labute approximate surface area is 104 Å². The lowest BCUT2D eigenvalue weighted by Gasteiger charge is -2.36. The standard InChI is InChI=1S/C13H24N4/c1-10(2)17-9-12(7-15-17)8-16-5-4-13(14)6-11(16)3/h7,9-11,13H,4-6,8,14H2,1-3H3. The molecule has 96 valence electrons. The van der Waals surface area contributed by atoms with Gasteiger partial charge in [0.2, 0.25) is 0 Å². The summed E-state index contributed by atoms with van der Waals surface area (Å²) in [5.74, 6) is 0. The van der Waals surface area contributed by atoms with Gasteiger partial charge in [-0.1, -0.05) is 0 Å². The predicted molar refractivity (Wildman–Crippen MR) is 69.7 cm³/mol. The molecule has 2 rings (SSSR count). The van der Waals surface area contributed by atoms with Gasteiger partial charge in [0.15, 0.2) is 0 Å². The van der Waals surface area contributed by atoms with E-state index >= 15 is 0 Å². The van der Waals surface area contributed by atoms with Crippen LogP contribution in [0.1, 0.15) is 45.2 Å². The van der Waals surface area contributed by atoms with E-state index in [1.165, 1.54) is 5.56 Å². The molecule has 0 radical (unpaired) electrons. The van der Waals surface area contributed by atoms with E-state index in [0.29, 0.717) is 18.1 Å². The van der Waals surface area contributed by atoms with Gasteiger partial charge in [0.05, 0.1) is 6.20 Å². The highest BCUT2D eigenvalue weighted by Crippen LogP contribution is 2.18. The molecule has 0 bridgehead atoms. The Kier molecular flexibility index (Phi) is 3.84. The molecule has 4 nitrogen and oxygen atoms in total. The zero-order valence-electron chi connectivity index (χ0n) is 11.1. The molecule has 0 spiro atoms. The van der Waals surface area contributed by atoms with Crippen molar-refractivity contribution in [2.75, 3.05) is 6.54 Å². The van der Waals surface area contributed by atoms with Crippen molar-refractivity contribution in [3.05, 3.63) is 18.0 Å². The van der Waals surface area contributed by atoms with E-state index in [9.17, 15) is 0 Å². The third-order valence-corrected chi connectivity index (χ3v) is 3.62. The van der Waals surface area contributed by atoms with Gasteiger partial charge in [-0.3, -0.25) is 9.58 Å². The van der Waals surface area contributed by atoms with Crippen molar-refractivity contribution < 1.29 is 0 Å². The molecule has 0 amide bonds. The van der Waals surface area contributed by atoms with Crippen molar-refractivity contribution in [1.29, 1.82) is 0 Å². The summed E-state index contributed by atoms with van der Waals surface area (Å²) in [5, 5.41) is 4.39. The first kappa shape index (κ1) is 12.6. The van der Waals surface area contributed by atoms with Crippen LogP contribution < -0.4 is 5.73 Å². The van der Waals surface area contributed by atoms with Crippen molar-refractivity contribution in [2.45, 2.75) is 58.3 Å². The van der Waals surface area contributed by atoms with Gasteiger partial charge in [-0.05, 0) is 33.6 Å². The monoisotopic (exact) mass is 236 g/mol. The van der Waals surface area contributed by atoms with Crippen molar-refractivity contribution >= 4 is 0 Å². The Hall–Kier alpha value is -0.870. The van der Waals surface area contributed by atoms with E-state index < -0.39 is 0 Å². The molecule has 0 aliphatic carbocycles. The minimum absolute atomic E-state index is 0.389. The van der Waals surface area contributed by atoms with Crippen molar-refractivity contribution in [1.82, 2.24) is 14.7 Å². The summed E-state index contributed by atoms with van der Waals surface area (Å²) in [6, 6.07) is 1.41. The van der Waals surface area contributed by atoms with E-state index in [1.54, 1.807) is 0 Å². The molecule has 0 saturated carbocycles. The SMILES string of the molecule is CC1CC(N)CCN1Cc1cnn(C(C)C)c1. The molecule has 1 fully saturated rings. The Morgan fingerprint density at radius 3 is 2.88 bits per heavy atom. The van der Waals surface area contributed by atoms with Gasteiger partial charge in [0.25, 0.3) is 0 Å². The van der Waals surface area contributed by atoms with E-state index in [1.807, 2.05) is 10.9 Å². The van der Waals surface area contributed by atoms with E-state index in [2.05, 4.69) is 37.0 Å². The quantitative estimate of drug-likeness (QED) is 0.870. The van der Waals surface area contributed by atoms with Crippen LogP contribution in [0.15, 0.2) is 12.4 Å². The van der Waals surface area contributed by atoms with Gasteiger partial charge in [-0.25, -0.2) is 0 Å². The molecular weight excluding hydrogens is 212 g/mol. The molecule has 0 aromatic carbocycles. The Bertz CT molecular complexity index is 358. The lowest BCUT2D eigenvalue weighted by Crippen LogP contribution is -2.44. The maximum atomic E-state index is 5.98. The van der Waals surface area contributed by atoms with E-state index in [0.717, 1.165) is 25.9 Å². The maximum Gasteiger partial charge on any atom is 0.0534 e. The number of likely N-dealkylation sites (tertiary alicyclic amines) is 1. The predicted octanol–water partition coefficient (Wildman–Crippen LogP) is 1.78. The molecular formula is C13H24N4. The first-order chi connectivity index (χ1) is 8.06.